The fourth-order valence-electron chi connectivity index (χ4n) is 3.33. The van der Waals surface area contributed by atoms with Crippen LogP contribution in [0.1, 0.15) is 42.3 Å². The first-order chi connectivity index (χ1) is 11.1. The van der Waals surface area contributed by atoms with Gasteiger partial charge in [-0.05, 0) is 44.1 Å². The largest absolute Gasteiger partial charge is 0.376 e. The molecule has 5 nitrogen and oxygen atoms in total. The minimum Gasteiger partial charge on any atom is -0.376 e. The summed E-state index contributed by atoms with van der Waals surface area (Å²) in [5.41, 5.74) is 0. The van der Waals surface area contributed by atoms with Crippen LogP contribution in [-0.4, -0.2) is 48.6 Å². The standard InChI is InChI=1S/C17H24N2O3S/c1-12(14-4-2-10-22-14)18-16(20)13-6-8-19(9-7-13)17(21)15-5-3-11-23-15/h3,5,11-14H,2,4,6-10H2,1H3,(H,18,20)/t12-,14-/m0/s1. The van der Waals surface area contributed by atoms with Crippen LogP contribution in [0.25, 0.3) is 0 Å². The third kappa shape index (κ3) is 3.93. The topological polar surface area (TPSA) is 58.6 Å². The van der Waals surface area contributed by atoms with Crippen LogP contribution in [0.2, 0.25) is 0 Å². The predicted octanol–water partition coefficient (Wildman–Crippen LogP) is 2.28. The van der Waals surface area contributed by atoms with Gasteiger partial charge in [0.05, 0.1) is 17.0 Å². The SMILES string of the molecule is C[C@H](NC(=O)C1CCN(C(=O)c2cccs2)CC1)[C@@H]1CCCO1. The highest BCUT2D eigenvalue weighted by molar-refractivity contribution is 7.12. The second-order valence-electron chi connectivity index (χ2n) is 6.39. The summed E-state index contributed by atoms with van der Waals surface area (Å²) in [7, 11) is 0. The lowest BCUT2D eigenvalue weighted by atomic mass is 9.95. The number of ether oxygens (including phenoxy) is 1. The zero-order chi connectivity index (χ0) is 16.2. The Morgan fingerprint density at radius 2 is 2.13 bits per heavy atom. The van der Waals surface area contributed by atoms with E-state index in [0.29, 0.717) is 13.1 Å². The quantitative estimate of drug-likeness (QED) is 0.918. The fourth-order valence-corrected chi connectivity index (χ4v) is 4.02. The van der Waals surface area contributed by atoms with Crippen molar-refractivity contribution >= 4 is 23.2 Å². The second-order valence-corrected chi connectivity index (χ2v) is 7.34. The summed E-state index contributed by atoms with van der Waals surface area (Å²) < 4.78 is 5.63. The third-order valence-electron chi connectivity index (χ3n) is 4.78. The smallest absolute Gasteiger partial charge is 0.263 e. The minimum atomic E-state index is 0.00578. The van der Waals surface area contributed by atoms with Crippen molar-refractivity contribution in [3.05, 3.63) is 22.4 Å². The molecule has 2 aliphatic heterocycles. The number of hydrogen-bond acceptors (Lipinski definition) is 4. The lowest BCUT2D eigenvalue weighted by Gasteiger charge is -2.32. The molecule has 2 amide bonds. The number of likely N-dealkylation sites (tertiary alicyclic amines) is 1. The molecule has 1 aromatic rings. The average Bonchev–Trinajstić information content (AvgIpc) is 3.27. The molecular weight excluding hydrogens is 312 g/mol. The van der Waals surface area contributed by atoms with Gasteiger partial charge in [-0.2, -0.15) is 0 Å². The van der Waals surface area contributed by atoms with E-state index in [1.807, 2.05) is 29.3 Å². The monoisotopic (exact) mass is 336 g/mol. The van der Waals surface area contributed by atoms with Gasteiger partial charge in [0.2, 0.25) is 5.91 Å². The highest BCUT2D eigenvalue weighted by atomic mass is 32.1. The van der Waals surface area contributed by atoms with Crippen molar-refractivity contribution < 1.29 is 14.3 Å². The highest BCUT2D eigenvalue weighted by Gasteiger charge is 2.30. The first-order valence-electron chi connectivity index (χ1n) is 8.40. The molecule has 1 aromatic heterocycles. The first-order valence-corrected chi connectivity index (χ1v) is 9.28. The molecule has 0 saturated carbocycles. The van der Waals surface area contributed by atoms with E-state index in [2.05, 4.69) is 5.32 Å². The van der Waals surface area contributed by atoms with Gasteiger partial charge in [0, 0.05) is 25.6 Å². The van der Waals surface area contributed by atoms with Crippen molar-refractivity contribution in [3.8, 4) is 0 Å². The van der Waals surface area contributed by atoms with E-state index >= 15 is 0 Å². The molecule has 2 fully saturated rings. The summed E-state index contributed by atoms with van der Waals surface area (Å²) in [6.45, 7) is 4.13. The molecule has 126 valence electrons. The Bertz CT molecular complexity index is 532. The summed E-state index contributed by atoms with van der Waals surface area (Å²) in [6, 6.07) is 3.82. The van der Waals surface area contributed by atoms with Crippen LogP contribution in [0.15, 0.2) is 17.5 Å². The summed E-state index contributed by atoms with van der Waals surface area (Å²) in [5, 5.41) is 5.01. The van der Waals surface area contributed by atoms with Crippen LogP contribution in [0.3, 0.4) is 0 Å². The number of rotatable bonds is 4. The van der Waals surface area contributed by atoms with Crippen molar-refractivity contribution in [2.75, 3.05) is 19.7 Å². The summed E-state index contributed by atoms with van der Waals surface area (Å²) in [4.78, 5) is 27.3. The Hall–Kier alpha value is -1.40. The van der Waals surface area contributed by atoms with Gasteiger partial charge in [-0.25, -0.2) is 0 Å². The molecule has 1 N–H and O–H groups in total. The number of carbonyl (C=O) groups is 2. The van der Waals surface area contributed by atoms with Crippen molar-refractivity contribution in [1.29, 1.82) is 0 Å². The van der Waals surface area contributed by atoms with Crippen LogP contribution >= 0.6 is 11.3 Å². The minimum absolute atomic E-state index is 0.00578. The van der Waals surface area contributed by atoms with Crippen LogP contribution < -0.4 is 5.32 Å². The Kier molecular flexibility index (Phi) is 5.33. The lowest BCUT2D eigenvalue weighted by Crippen LogP contribution is -2.47. The van der Waals surface area contributed by atoms with Gasteiger partial charge < -0.3 is 15.0 Å². The average molecular weight is 336 g/mol. The Labute approximate surface area is 141 Å². The first kappa shape index (κ1) is 16.5. The maximum Gasteiger partial charge on any atom is 0.263 e. The number of carbonyl (C=O) groups excluding carboxylic acids is 2. The maximum atomic E-state index is 12.4. The van der Waals surface area contributed by atoms with Gasteiger partial charge >= 0.3 is 0 Å². The third-order valence-corrected chi connectivity index (χ3v) is 5.64. The zero-order valence-corrected chi connectivity index (χ0v) is 14.3. The molecule has 0 bridgehead atoms. The molecule has 2 saturated heterocycles. The predicted molar refractivity (Wildman–Crippen MR) is 89.5 cm³/mol. The molecular formula is C17H24N2O3S. The Morgan fingerprint density at radius 1 is 1.35 bits per heavy atom. The van der Waals surface area contributed by atoms with E-state index in [9.17, 15) is 9.59 Å². The number of thiophene rings is 1. The molecule has 2 atom stereocenters. The molecule has 0 spiro atoms. The molecule has 0 unspecified atom stereocenters. The van der Waals surface area contributed by atoms with E-state index < -0.39 is 0 Å². The molecule has 6 heteroatoms. The van der Waals surface area contributed by atoms with E-state index in [-0.39, 0.29) is 29.9 Å². The lowest BCUT2D eigenvalue weighted by molar-refractivity contribution is -0.127. The van der Waals surface area contributed by atoms with E-state index in [4.69, 9.17) is 4.74 Å². The number of nitrogens with zero attached hydrogens (tertiary/aromatic N) is 1. The Balaban J connectivity index is 1.46. The number of piperidine rings is 1. The number of hydrogen-bond donors (Lipinski definition) is 1. The van der Waals surface area contributed by atoms with Gasteiger partial charge in [-0.15, -0.1) is 11.3 Å². The van der Waals surface area contributed by atoms with Crippen LogP contribution in [0.5, 0.6) is 0 Å². The van der Waals surface area contributed by atoms with Crippen molar-refractivity contribution in [2.24, 2.45) is 5.92 Å². The summed E-state index contributed by atoms with van der Waals surface area (Å²) >= 11 is 1.47. The molecule has 0 radical (unpaired) electrons. The second kappa shape index (κ2) is 7.45. The van der Waals surface area contributed by atoms with E-state index in [1.165, 1.54) is 11.3 Å². The Morgan fingerprint density at radius 3 is 2.74 bits per heavy atom. The van der Waals surface area contributed by atoms with Gasteiger partial charge in [-0.1, -0.05) is 6.07 Å². The summed E-state index contributed by atoms with van der Waals surface area (Å²) in [6.07, 6.45) is 3.73. The zero-order valence-electron chi connectivity index (χ0n) is 13.5. The van der Waals surface area contributed by atoms with E-state index in [0.717, 1.165) is 37.2 Å². The molecule has 2 aliphatic rings. The number of amides is 2. The van der Waals surface area contributed by atoms with Gasteiger partial charge in [0.1, 0.15) is 0 Å². The van der Waals surface area contributed by atoms with Gasteiger partial charge in [-0.3, -0.25) is 9.59 Å². The van der Waals surface area contributed by atoms with Crippen molar-refractivity contribution in [2.45, 2.75) is 44.8 Å². The molecule has 0 aliphatic carbocycles. The molecule has 0 aromatic carbocycles. The van der Waals surface area contributed by atoms with Gasteiger partial charge in [0.15, 0.2) is 0 Å². The highest BCUT2D eigenvalue weighted by Crippen LogP contribution is 2.22. The molecule has 23 heavy (non-hydrogen) atoms. The van der Waals surface area contributed by atoms with E-state index in [1.54, 1.807) is 0 Å². The normalized spacial score (nSPS) is 23.7. The molecule has 3 heterocycles. The van der Waals surface area contributed by atoms with Crippen LogP contribution in [0.4, 0.5) is 0 Å². The van der Waals surface area contributed by atoms with Crippen molar-refractivity contribution in [1.82, 2.24) is 10.2 Å². The maximum absolute atomic E-state index is 12.4. The molecule has 3 rings (SSSR count). The summed E-state index contributed by atoms with van der Waals surface area (Å²) in [5.74, 6) is 0.203. The number of nitrogens with one attached hydrogen (secondary N) is 1. The fraction of sp³-hybridized carbons (Fsp3) is 0.647. The van der Waals surface area contributed by atoms with Crippen molar-refractivity contribution in [3.63, 3.8) is 0 Å². The van der Waals surface area contributed by atoms with Crippen LogP contribution in [-0.2, 0) is 9.53 Å². The van der Waals surface area contributed by atoms with Gasteiger partial charge in [0.25, 0.3) is 5.91 Å². The van der Waals surface area contributed by atoms with Crippen LogP contribution in [0, 0.1) is 5.92 Å².